The van der Waals surface area contributed by atoms with Crippen LogP contribution in [-0.4, -0.2) is 24.4 Å². The largest absolute Gasteiger partial charge is 0.325 e. The molecule has 0 spiro atoms. The summed E-state index contributed by atoms with van der Waals surface area (Å²) in [6.07, 6.45) is 0. The van der Waals surface area contributed by atoms with Crippen LogP contribution in [-0.2, 0) is 11.3 Å². The maximum Gasteiger partial charge on any atom is 0.238 e. The molecular formula is C18H21FN2O. The Morgan fingerprint density at radius 2 is 1.82 bits per heavy atom. The molecule has 0 atom stereocenters. The minimum absolute atomic E-state index is 0.0571. The van der Waals surface area contributed by atoms with Gasteiger partial charge in [-0.25, -0.2) is 4.39 Å². The molecule has 3 nitrogen and oxygen atoms in total. The van der Waals surface area contributed by atoms with E-state index in [0.717, 1.165) is 22.4 Å². The second-order valence-electron chi connectivity index (χ2n) is 5.59. The Labute approximate surface area is 130 Å². The van der Waals surface area contributed by atoms with Crippen molar-refractivity contribution in [3.8, 4) is 0 Å². The van der Waals surface area contributed by atoms with Crippen LogP contribution in [0.5, 0.6) is 0 Å². The molecule has 0 aliphatic carbocycles. The van der Waals surface area contributed by atoms with Gasteiger partial charge in [-0.05, 0) is 55.8 Å². The number of benzene rings is 2. The van der Waals surface area contributed by atoms with Crippen molar-refractivity contribution in [1.82, 2.24) is 4.90 Å². The van der Waals surface area contributed by atoms with Gasteiger partial charge in [0, 0.05) is 12.2 Å². The van der Waals surface area contributed by atoms with Gasteiger partial charge in [-0.3, -0.25) is 9.69 Å². The summed E-state index contributed by atoms with van der Waals surface area (Å²) in [4.78, 5) is 14.0. The number of likely N-dealkylation sites (N-methyl/N-ethyl adjacent to an activating group) is 1. The number of halogens is 1. The molecule has 1 N–H and O–H groups in total. The zero-order valence-corrected chi connectivity index (χ0v) is 13.2. The number of amides is 1. The van der Waals surface area contributed by atoms with E-state index in [-0.39, 0.29) is 18.3 Å². The van der Waals surface area contributed by atoms with E-state index in [1.54, 1.807) is 12.1 Å². The van der Waals surface area contributed by atoms with Gasteiger partial charge in [0.2, 0.25) is 5.91 Å². The zero-order valence-electron chi connectivity index (χ0n) is 13.2. The second kappa shape index (κ2) is 7.18. The Kier molecular flexibility index (Phi) is 5.28. The molecule has 22 heavy (non-hydrogen) atoms. The van der Waals surface area contributed by atoms with E-state index in [1.165, 1.54) is 12.1 Å². The van der Waals surface area contributed by atoms with Gasteiger partial charge in [-0.1, -0.05) is 24.3 Å². The van der Waals surface area contributed by atoms with Crippen molar-refractivity contribution in [2.24, 2.45) is 0 Å². The SMILES string of the molecule is Cc1cccc(NC(=O)CN(C)Cc2ccc(F)cc2)c1C. The van der Waals surface area contributed by atoms with Crippen molar-refractivity contribution in [2.45, 2.75) is 20.4 Å². The number of rotatable bonds is 5. The summed E-state index contributed by atoms with van der Waals surface area (Å²) in [7, 11) is 1.87. The molecule has 0 radical (unpaired) electrons. The Balaban J connectivity index is 1.91. The van der Waals surface area contributed by atoms with Crippen LogP contribution < -0.4 is 5.32 Å². The molecule has 0 saturated heterocycles. The van der Waals surface area contributed by atoms with Crippen molar-refractivity contribution in [2.75, 3.05) is 18.9 Å². The molecule has 2 aromatic carbocycles. The lowest BCUT2D eigenvalue weighted by atomic mass is 10.1. The number of nitrogens with zero attached hydrogens (tertiary/aromatic N) is 1. The maximum atomic E-state index is 12.9. The van der Waals surface area contributed by atoms with E-state index in [9.17, 15) is 9.18 Å². The summed E-state index contributed by atoms with van der Waals surface area (Å²) in [5.41, 5.74) is 4.05. The fourth-order valence-corrected chi connectivity index (χ4v) is 2.28. The van der Waals surface area contributed by atoms with E-state index in [0.29, 0.717) is 6.54 Å². The van der Waals surface area contributed by atoms with Crippen molar-refractivity contribution in [1.29, 1.82) is 0 Å². The molecule has 0 saturated carbocycles. The third-order valence-corrected chi connectivity index (χ3v) is 3.66. The van der Waals surface area contributed by atoms with Crippen LogP contribution in [0.15, 0.2) is 42.5 Å². The van der Waals surface area contributed by atoms with Crippen molar-refractivity contribution in [3.05, 3.63) is 65.0 Å². The quantitative estimate of drug-likeness (QED) is 0.916. The highest BCUT2D eigenvalue weighted by Crippen LogP contribution is 2.17. The number of nitrogens with one attached hydrogen (secondary N) is 1. The number of hydrogen-bond acceptors (Lipinski definition) is 2. The summed E-state index contributed by atoms with van der Waals surface area (Å²) in [5.74, 6) is -0.308. The first-order chi connectivity index (χ1) is 10.5. The molecule has 1 amide bonds. The fraction of sp³-hybridized carbons (Fsp3) is 0.278. The van der Waals surface area contributed by atoms with Gasteiger partial charge < -0.3 is 5.32 Å². The summed E-state index contributed by atoms with van der Waals surface area (Å²) >= 11 is 0. The Bertz CT molecular complexity index is 653. The van der Waals surface area contributed by atoms with E-state index in [1.807, 2.05) is 44.0 Å². The summed E-state index contributed by atoms with van der Waals surface area (Å²) in [6.45, 7) is 4.89. The Morgan fingerprint density at radius 3 is 2.50 bits per heavy atom. The first kappa shape index (κ1) is 16.2. The molecule has 0 aromatic heterocycles. The van der Waals surface area contributed by atoms with Gasteiger partial charge in [0.05, 0.1) is 6.54 Å². The number of anilines is 1. The summed E-state index contributed by atoms with van der Waals surface area (Å²) in [6, 6.07) is 12.2. The third-order valence-electron chi connectivity index (χ3n) is 3.66. The van der Waals surface area contributed by atoms with Crippen LogP contribution in [0.25, 0.3) is 0 Å². The van der Waals surface area contributed by atoms with Gasteiger partial charge in [0.25, 0.3) is 0 Å². The van der Waals surface area contributed by atoms with Gasteiger partial charge in [-0.15, -0.1) is 0 Å². The van der Waals surface area contributed by atoms with Crippen LogP contribution in [0.4, 0.5) is 10.1 Å². The molecule has 0 fully saturated rings. The second-order valence-corrected chi connectivity index (χ2v) is 5.59. The van der Waals surface area contributed by atoms with Gasteiger partial charge >= 0.3 is 0 Å². The first-order valence-corrected chi connectivity index (χ1v) is 7.25. The maximum absolute atomic E-state index is 12.9. The zero-order chi connectivity index (χ0) is 16.1. The molecule has 0 heterocycles. The number of carbonyl (C=O) groups excluding carboxylic acids is 1. The van der Waals surface area contributed by atoms with Crippen LogP contribution in [0, 0.1) is 19.7 Å². The predicted octanol–water partition coefficient (Wildman–Crippen LogP) is 3.51. The lowest BCUT2D eigenvalue weighted by Crippen LogP contribution is -2.30. The first-order valence-electron chi connectivity index (χ1n) is 7.25. The van der Waals surface area contributed by atoms with Crippen molar-refractivity contribution >= 4 is 11.6 Å². The van der Waals surface area contributed by atoms with Crippen molar-refractivity contribution in [3.63, 3.8) is 0 Å². The van der Waals surface area contributed by atoms with Gasteiger partial charge in [0.1, 0.15) is 5.82 Å². The third kappa shape index (κ3) is 4.40. The van der Waals surface area contributed by atoms with E-state index >= 15 is 0 Å². The van der Waals surface area contributed by atoms with Crippen LogP contribution >= 0.6 is 0 Å². The van der Waals surface area contributed by atoms with E-state index in [2.05, 4.69) is 5.32 Å². The van der Waals surface area contributed by atoms with Gasteiger partial charge in [-0.2, -0.15) is 0 Å². The summed E-state index contributed by atoms with van der Waals surface area (Å²) in [5, 5.41) is 2.94. The highest BCUT2D eigenvalue weighted by Gasteiger charge is 2.09. The van der Waals surface area contributed by atoms with Crippen molar-refractivity contribution < 1.29 is 9.18 Å². The molecule has 0 bridgehead atoms. The predicted molar refractivity (Wildman–Crippen MR) is 87.3 cm³/mol. The lowest BCUT2D eigenvalue weighted by molar-refractivity contribution is -0.117. The molecule has 0 unspecified atom stereocenters. The normalized spacial score (nSPS) is 10.8. The fourth-order valence-electron chi connectivity index (χ4n) is 2.28. The Hall–Kier alpha value is -2.20. The monoisotopic (exact) mass is 300 g/mol. The summed E-state index contributed by atoms with van der Waals surface area (Å²) < 4.78 is 12.9. The highest BCUT2D eigenvalue weighted by atomic mass is 19.1. The molecule has 2 aromatic rings. The minimum Gasteiger partial charge on any atom is -0.325 e. The average molecular weight is 300 g/mol. The molecule has 4 heteroatoms. The van der Waals surface area contributed by atoms with Gasteiger partial charge in [0.15, 0.2) is 0 Å². The van der Waals surface area contributed by atoms with Crippen LogP contribution in [0.2, 0.25) is 0 Å². The minimum atomic E-state index is -0.251. The number of carbonyl (C=O) groups is 1. The van der Waals surface area contributed by atoms with E-state index in [4.69, 9.17) is 0 Å². The average Bonchev–Trinajstić information content (AvgIpc) is 2.46. The Morgan fingerprint density at radius 1 is 1.14 bits per heavy atom. The van der Waals surface area contributed by atoms with Crippen LogP contribution in [0.1, 0.15) is 16.7 Å². The lowest BCUT2D eigenvalue weighted by Gasteiger charge is -2.17. The molecule has 0 aliphatic rings. The topological polar surface area (TPSA) is 32.3 Å². The molecule has 116 valence electrons. The smallest absolute Gasteiger partial charge is 0.238 e. The molecule has 2 rings (SSSR count). The highest BCUT2D eigenvalue weighted by molar-refractivity contribution is 5.93. The molecule has 0 aliphatic heterocycles. The standard InChI is InChI=1S/C18H21FN2O/c1-13-5-4-6-17(14(13)2)20-18(22)12-21(3)11-15-7-9-16(19)10-8-15/h4-10H,11-12H2,1-3H3,(H,20,22). The number of aryl methyl sites for hydroxylation is 1. The van der Waals surface area contributed by atoms with E-state index < -0.39 is 0 Å². The molecular weight excluding hydrogens is 279 g/mol. The number of hydrogen-bond donors (Lipinski definition) is 1. The van der Waals surface area contributed by atoms with Crippen LogP contribution in [0.3, 0.4) is 0 Å².